The average molecular weight is 283 g/mol. The summed E-state index contributed by atoms with van der Waals surface area (Å²) in [6.45, 7) is 3.78. The Hall–Kier alpha value is -2.23. The fraction of sp³-hybridized carbons (Fsp3) is 0.353. The highest BCUT2D eigenvalue weighted by molar-refractivity contribution is 5.89. The molecule has 2 amide bonds. The number of aromatic nitrogens is 1. The van der Waals surface area contributed by atoms with Crippen molar-refractivity contribution in [1.82, 2.24) is 9.47 Å². The van der Waals surface area contributed by atoms with Gasteiger partial charge in [0, 0.05) is 30.7 Å². The molecule has 4 heteroatoms. The van der Waals surface area contributed by atoms with E-state index in [2.05, 4.69) is 35.1 Å². The molecule has 0 saturated heterocycles. The maximum absolute atomic E-state index is 12.6. The molecular weight excluding hydrogens is 262 g/mol. The van der Waals surface area contributed by atoms with Crippen LogP contribution >= 0.6 is 0 Å². The zero-order valence-electron chi connectivity index (χ0n) is 12.3. The third kappa shape index (κ3) is 2.79. The third-order valence-electron chi connectivity index (χ3n) is 4.01. The van der Waals surface area contributed by atoms with Crippen LogP contribution < -0.4 is 5.32 Å². The standard InChI is InChI=1S/C17H21N3O/c1-2-7-16-15-10-6-11-19(15)12-13-20(16)17(21)18-14-8-4-3-5-9-14/h3-6,8-11,16H,2,7,12-13H2,1H3,(H,18,21)/t16-/m1/s1. The molecule has 3 rings (SSSR count). The summed E-state index contributed by atoms with van der Waals surface area (Å²) >= 11 is 0. The Bertz CT molecular complexity index is 606. The molecule has 1 aromatic heterocycles. The predicted molar refractivity (Wildman–Crippen MR) is 84.2 cm³/mol. The number of fused-ring (bicyclic) bond motifs is 1. The smallest absolute Gasteiger partial charge is 0.322 e. The average Bonchev–Trinajstić information content (AvgIpc) is 2.97. The Morgan fingerprint density at radius 2 is 2.00 bits per heavy atom. The number of amides is 2. The van der Waals surface area contributed by atoms with E-state index in [9.17, 15) is 4.79 Å². The summed E-state index contributed by atoms with van der Waals surface area (Å²) in [5.41, 5.74) is 2.09. The molecular formula is C17H21N3O. The SMILES string of the molecule is CCC[C@@H]1c2cccn2CCN1C(=O)Nc1ccccc1. The first-order chi connectivity index (χ1) is 10.3. The van der Waals surface area contributed by atoms with Crippen LogP contribution in [0.5, 0.6) is 0 Å². The lowest BCUT2D eigenvalue weighted by atomic mass is 10.0. The molecule has 0 fully saturated rings. The fourth-order valence-corrected chi connectivity index (χ4v) is 3.00. The summed E-state index contributed by atoms with van der Waals surface area (Å²) in [7, 11) is 0. The summed E-state index contributed by atoms with van der Waals surface area (Å²) in [5, 5.41) is 3.00. The van der Waals surface area contributed by atoms with Gasteiger partial charge in [-0.05, 0) is 30.7 Å². The highest BCUT2D eigenvalue weighted by Crippen LogP contribution is 2.30. The number of carbonyl (C=O) groups is 1. The van der Waals surface area contributed by atoms with E-state index in [-0.39, 0.29) is 12.1 Å². The second kappa shape index (κ2) is 6.04. The van der Waals surface area contributed by atoms with E-state index in [1.54, 1.807) is 0 Å². The van der Waals surface area contributed by atoms with Gasteiger partial charge in [0.1, 0.15) is 0 Å². The van der Waals surface area contributed by atoms with E-state index in [0.717, 1.165) is 31.6 Å². The highest BCUT2D eigenvalue weighted by atomic mass is 16.2. The largest absolute Gasteiger partial charge is 0.348 e. The van der Waals surface area contributed by atoms with Gasteiger partial charge in [0.2, 0.25) is 0 Å². The van der Waals surface area contributed by atoms with Gasteiger partial charge in [-0.25, -0.2) is 4.79 Å². The van der Waals surface area contributed by atoms with Gasteiger partial charge in [-0.3, -0.25) is 0 Å². The maximum atomic E-state index is 12.6. The lowest BCUT2D eigenvalue weighted by molar-refractivity contribution is 0.163. The molecule has 0 bridgehead atoms. The molecule has 0 aliphatic carbocycles. The van der Waals surface area contributed by atoms with Crippen LogP contribution in [0.3, 0.4) is 0 Å². The van der Waals surface area contributed by atoms with Gasteiger partial charge in [-0.15, -0.1) is 0 Å². The molecule has 0 saturated carbocycles. The monoisotopic (exact) mass is 283 g/mol. The van der Waals surface area contributed by atoms with Crippen molar-refractivity contribution in [3.8, 4) is 0 Å². The van der Waals surface area contributed by atoms with Crippen LogP contribution in [-0.4, -0.2) is 22.0 Å². The molecule has 1 aromatic carbocycles. The fourth-order valence-electron chi connectivity index (χ4n) is 3.00. The van der Waals surface area contributed by atoms with Crippen molar-refractivity contribution in [2.45, 2.75) is 32.4 Å². The van der Waals surface area contributed by atoms with E-state index in [1.807, 2.05) is 35.2 Å². The normalized spacial score (nSPS) is 17.4. The van der Waals surface area contributed by atoms with Gasteiger partial charge in [-0.1, -0.05) is 31.5 Å². The minimum absolute atomic E-state index is 0.00731. The van der Waals surface area contributed by atoms with Crippen LogP contribution in [0.1, 0.15) is 31.5 Å². The van der Waals surface area contributed by atoms with Gasteiger partial charge in [-0.2, -0.15) is 0 Å². The first-order valence-corrected chi connectivity index (χ1v) is 7.57. The van der Waals surface area contributed by atoms with Crippen molar-refractivity contribution >= 4 is 11.7 Å². The second-order valence-electron chi connectivity index (χ2n) is 5.42. The minimum atomic E-state index is -0.00731. The Kier molecular flexibility index (Phi) is 3.95. The van der Waals surface area contributed by atoms with Gasteiger partial charge < -0.3 is 14.8 Å². The van der Waals surface area contributed by atoms with Crippen LogP contribution in [0.15, 0.2) is 48.7 Å². The number of anilines is 1. The van der Waals surface area contributed by atoms with E-state index < -0.39 is 0 Å². The summed E-state index contributed by atoms with van der Waals surface area (Å²) < 4.78 is 2.26. The molecule has 0 unspecified atom stereocenters. The van der Waals surface area contributed by atoms with Crippen LogP contribution in [-0.2, 0) is 6.54 Å². The zero-order chi connectivity index (χ0) is 14.7. The van der Waals surface area contributed by atoms with E-state index >= 15 is 0 Å². The second-order valence-corrected chi connectivity index (χ2v) is 5.42. The third-order valence-corrected chi connectivity index (χ3v) is 4.01. The Balaban J connectivity index is 1.79. The molecule has 1 atom stereocenters. The number of nitrogens with one attached hydrogen (secondary N) is 1. The van der Waals surface area contributed by atoms with Crippen molar-refractivity contribution in [3.05, 3.63) is 54.4 Å². The summed E-state index contributed by atoms with van der Waals surface area (Å²) in [6, 6.07) is 14.0. The summed E-state index contributed by atoms with van der Waals surface area (Å²) in [4.78, 5) is 14.6. The minimum Gasteiger partial charge on any atom is -0.348 e. The van der Waals surface area contributed by atoms with Crippen molar-refractivity contribution < 1.29 is 4.79 Å². The van der Waals surface area contributed by atoms with Crippen LogP contribution in [0, 0.1) is 0 Å². The van der Waals surface area contributed by atoms with E-state index in [4.69, 9.17) is 0 Å². The molecule has 21 heavy (non-hydrogen) atoms. The Morgan fingerprint density at radius 3 is 2.76 bits per heavy atom. The zero-order valence-corrected chi connectivity index (χ0v) is 12.3. The topological polar surface area (TPSA) is 37.3 Å². The maximum Gasteiger partial charge on any atom is 0.322 e. The lowest BCUT2D eigenvalue weighted by Crippen LogP contribution is -2.44. The molecule has 2 heterocycles. The molecule has 4 nitrogen and oxygen atoms in total. The van der Waals surface area contributed by atoms with Crippen LogP contribution in [0.4, 0.5) is 10.5 Å². The number of hydrogen-bond donors (Lipinski definition) is 1. The van der Waals surface area contributed by atoms with Gasteiger partial charge in [0.05, 0.1) is 6.04 Å². The number of para-hydroxylation sites is 1. The van der Waals surface area contributed by atoms with Crippen LogP contribution in [0.25, 0.3) is 0 Å². The van der Waals surface area contributed by atoms with Crippen molar-refractivity contribution in [1.29, 1.82) is 0 Å². The number of benzene rings is 1. The molecule has 0 spiro atoms. The summed E-state index contributed by atoms with van der Waals surface area (Å²) in [6.07, 6.45) is 4.15. The van der Waals surface area contributed by atoms with Gasteiger partial charge in [0.15, 0.2) is 0 Å². The number of carbonyl (C=O) groups excluding carboxylic acids is 1. The van der Waals surface area contributed by atoms with Crippen LogP contribution in [0.2, 0.25) is 0 Å². The van der Waals surface area contributed by atoms with E-state index in [0.29, 0.717) is 0 Å². The quantitative estimate of drug-likeness (QED) is 0.912. The van der Waals surface area contributed by atoms with Crippen molar-refractivity contribution in [2.75, 3.05) is 11.9 Å². The molecule has 0 radical (unpaired) electrons. The first-order valence-electron chi connectivity index (χ1n) is 7.57. The number of rotatable bonds is 3. The highest BCUT2D eigenvalue weighted by Gasteiger charge is 2.30. The van der Waals surface area contributed by atoms with Gasteiger partial charge in [0.25, 0.3) is 0 Å². The molecule has 1 N–H and O–H groups in total. The van der Waals surface area contributed by atoms with Gasteiger partial charge >= 0.3 is 6.03 Å². The first kappa shape index (κ1) is 13.7. The molecule has 110 valence electrons. The number of nitrogens with zero attached hydrogens (tertiary/aromatic N) is 2. The number of urea groups is 1. The lowest BCUT2D eigenvalue weighted by Gasteiger charge is -2.37. The predicted octanol–water partition coefficient (Wildman–Crippen LogP) is 3.88. The van der Waals surface area contributed by atoms with Crippen molar-refractivity contribution in [2.24, 2.45) is 0 Å². The van der Waals surface area contributed by atoms with E-state index in [1.165, 1.54) is 5.69 Å². The number of hydrogen-bond acceptors (Lipinski definition) is 1. The Morgan fingerprint density at radius 1 is 1.19 bits per heavy atom. The molecule has 1 aliphatic rings. The molecule has 2 aromatic rings. The Labute approximate surface area is 125 Å². The summed E-state index contributed by atoms with van der Waals surface area (Å²) in [5.74, 6) is 0. The van der Waals surface area contributed by atoms with Crippen molar-refractivity contribution in [3.63, 3.8) is 0 Å². The molecule has 1 aliphatic heterocycles.